The van der Waals surface area contributed by atoms with Crippen LogP contribution in [0.15, 0.2) is 0 Å². The molecule has 5 heteroatoms. The summed E-state index contributed by atoms with van der Waals surface area (Å²) in [5, 5.41) is 2.92. The number of carbonyl (C=O) groups excluding carboxylic acids is 2. The first kappa shape index (κ1) is 11.8. The molecule has 15 heavy (non-hydrogen) atoms. The van der Waals surface area contributed by atoms with Crippen molar-refractivity contribution >= 4 is 12.0 Å². The van der Waals surface area contributed by atoms with E-state index in [4.69, 9.17) is 5.73 Å². The Morgan fingerprint density at radius 1 is 1.67 bits per heavy atom. The zero-order valence-corrected chi connectivity index (χ0v) is 9.21. The number of amides is 2. The van der Waals surface area contributed by atoms with Crippen LogP contribution in [-0.2, 0) is 9.53 Å². The van der Waals surface area contributed by atoms with Gasteiger partial charge in [0.15, 0.2) is 0 Å². The molecule has 0 saturated carbocycles. The second-order valence-corrected chi connectivity index (χ2v) is 4.58. The van der Waals surface area contributed by atoms with E-state index in [1.165, 1.54) is 0 Å². The highest BCUT2D eigenvalue weighted by Gasteiger charge is 2.36. The van der Waals surface area contributed by atoms with E-state index in [2.05, 4.69) is 10.1 Å². The molecule has 1 saturated heterocycles. The van der Waals surface area contributed by atoms with Gasteiger partial charge in [0.1, 0.15) is 0 Å². The Balaban J connectivity index is 2.22. The van der Waals surface area contributed by atoms with E-state index in [9.17, 15) is 9.59 Å². The van der Waals surface area contributed by atoms with Gasteiger partial charge >= 0.3 is 6.09 Å². The molecule has 0 spiro atoms. The molecule has 86 valence electrons. The van der Waals surface area contributed by atoms with Crippen LogP contribution in [0.2, 0.25) is 0 Å². The van der Waals surface area contributed by atoms with Gasteiger partial charge in [-0.15, -0.1) is 0 Å². The van der Waals surface area contributed by atoms with Gasteiger partial charge in [0.2, 0.25) is 5.91 Å². The molecule has 1 atom stereocenters. The third-order valence-corrected chi connectivity index (χ3v) is 2.53. The van der Waals surface area contributed by atoms with Crippen molar-refractivity contribution in [3.05, 3.63) is 0 Å². The van der Waals surface area contributed by atoms with Gasteiger partial charge in [0.25, 0.3) is 0 Å². The molecule has 1 heterocycles. The van der Waals surface area contributed by atoms with E-state index in [-0.39, 0.29) is 17.4 Å². The number of nitrogens with two attached hydrogens (primary N) is 1. The predicted octanol–water partition coefficient (Wildman–Crippen LogP) is 0.777. The Bertz CT molecular complexity index is 263. The number of primary amides is 1. The van der Waals surface area contributed by atoms with Crippen LogP contribution in [0.5, 0.6) is 0 Å². The molecular formula is C10H18N2O3. The third kappa shape index (κ3) is 3.77. The molecular weight excluding hydrogens is 196 g/mol. The summed E-state index contributed by atoms with van der Waals surface area (Å²) in [6.45, 7) is 4.30. The topological polar surface area (TPSA) is 81.4 Å². The molecule has 0 aromatic carbocycles. The summed E-state index contributed by atoms with van der Waals surface area (Å²) < 4.78 is 4.60. The Kier molecular flexibility index (Phi) is 3.55. The highest BCUT2D eigenvalue weighted by atomic mass is 16.5. The lowest BCUT2D eigenvalue weighted by molar-refractivity contribution is -0.123. The minimum atomic E-state index is -0.758. The molecule has 1 rings (SSSR count). The molecule has 0 bridgehead atoms. The lowest BCUT2D eigenvalue weighted by atomic mass is 9.93. The third-order valence-electron chi connectivity index (χ3n) is 2.53. The number of ether oxygens (including phenoxy) is 1. The summed E-state index contributed by atoms with van der Waals surface area (Å²) >= 11 is 0. The Hall–Kier alpha value is -1.26. The van der Waals surface area contributed by atoms with E-state index in [1.807, 2.05) is 13.8 Å². The van der Waals surface area contributed by atoms with Gasteiger partial charge in [-0.3, -0.25) is 4.79 Å². The molecule has 1 unspecified atom stereocenters. The average Bonchev–Trinajstić information content (AvgIpc) is 2.33. The number of carbonyl (C=O) groups is 2. The monoisotopic (exact) mass is 214 g/mol. The summed E-state index contributed by atoms with van der Waals surface area (Å²) in [5.74, 6) is 0.135. The van der Waals surface area contributed by atoms with Crippen molar-refractivity contribution in [1.29, 1.82) is 0 Å². The standard InChI is InChI=1S/C10H18N2O3/c1-10(2)6-7(8(13)12-10)4-3-5-15-9(11)14/h7H,3-6H2,1-2H3,(H2,11,14)(H,12,13). The first-order chi connectivity index (χ1) is 6.91. The summed E-state index contributed by atoms with van der Waals surface area (Å²) in [5.41, 5.74) is 4.71. The zero-order valence-electron chi connectivity index (χ0n) is 9.21. The zero-order chi connectivity index (χ0) is 11.5. The van der Waals surface area contributed by atoms with E-state index in [1.54, 1.807) is 0 Å². The molecule has 5 nitrogen and oxygen atoms in total. The van der Waals surface area contributed by atoms with Gasteiger partial charge in [-0.2, -0.15) is 0 Å². The van der Waals surface area contributed by atoms with Crippen LogP contribution in [0.3, 0.4) is 0 Å². The quantitative estimate of drug-likeness (QED) is 0.678. The van der Waals surface area contributed by atoms with Crippen molar-refractivity contribution in [2.24, 2.45) is 11.7 Å². The molecule has 1 aliphatic heterocycles. The summed E-state index contributed by atoms with van der Waals surface area (Å²) in [4.78, 5) is 21.8. The van der Waals surface area contributed by atoms with Crippen LogP contribution in [0.1, 0.15) is 33.1 Å². The second kappa shape index (κ2) is 4.51. The van der Waals surface area contributed by atoms with Crippen LogP contribution in [0, 0.1) is 5.92 Å². The maximum Gasteiger partial charge on any atom is 0.404 e. The van der Waals surface area contributed by atoms with Gasteiger partial charge < -0.3 is 15.8 Å². The SMILES string of the molecule is CC1(C)CC(CCCOC(N)=O)C(=O)N1. The molecule has 1 aliphatic rings. The normalized spacial score (nSPS) is 23.6. The lowest BCUT2D eigenvalue weighted by Crippen LogP contribution is -2.34. The molecule has 3 N–H and O–H groups in total. The minimum Gasteiger partial charge on any atom is -0.450 e. The Morgan fingerprint density at radius 3 is 2.80 bits per heavy atom. The number of hydrogen-bond acceptors (Lipinski definition) is 3. The Labute approximate surface area is 89.3 Å². The number of rotatable bonds is 4. The summed E-state index contributed by atoms with van der Waals surface area (Å²) in [6.07, 6.45) is 1.49. The van der Waals surface area contributed by atoms with Crippen molar-refractivity contribution in [3.63, 3.8) is 0 Å². The fourth-order valence-electron chi connectivity index (χ4n) is 1.93. The van der Waals surface area contributed by atoms with Crippen LogP contribution >= 0.6 is 0 Å². The van der Waals surface area contributed by atoms with E-state index in [0.717, 1.165) is 12.8 Å². The molecule has 0 radical (unpaired) electrons. The summed E-state index contributed by atoms with van der Waals surface area (Å²) in [7, 11) is 0. The second-order valence-electron chi connectivity index (χ2n) is 4.58. The van der Waals surface area contributed by atoms with Crippen molar-refractivity contribution in [2.45, 2.75) is 38.6 Å². The first-order valence-electron chi connectivity index (χ1n) is 5.15. The molecule has 0 aromatic heterocycles. The van der Waals surface area contributed by atoms with E-state index < -0.39 is 6.09 Å². The molecule has 2 amide bonds. The number of hydrogen-bond donors (Lipinski definition) is 2. The molecule has 0 aliphatic carbocycles. The van der Waals surface area contributed by atoms with Gasteiger partial charge in [0, 0.05) is 11.5 Å². The van der Waals surface area contributed by atoms with Crippen molar-refractivity contribution in [2.75, 3.05) is 6.61 Å². The highest BCUT2D eigenvalue weighted by Crippen LogP contribution is 2.27. The summed E-state index contributed by atoms with van der Waals surface area (Å²) in [6, 6.07) is 0. The van der Waals surface area contributed by atoms with E-state index >= 15 is 0 Å². The average molecular weight is 214 g/mol. The fraction of sp³-hybridized carbons (Fsp3) is 0.800. The maximum atomic E-state index is 11.5. The number of nitrogens with one attached hydrogen (secondary N) is 1. The van der Waals surface area contributed by atoms with Gasteiger partial charge in [-0.05, 0) is 33.1 Å². The maximum absolute atomic E-state index is 11.5. The van der Waals surface area contributed by atoms with Gasteiger partial charge in [0.05, 0.1) is 6.61 Å². The van der Waals surface area contributed by atoms with Crippen molar-refractivity contribution < 1.29 is 14.3 Å². The lowest BCUT2D eigenvalue weighted by Gasteiger charge is -2.16. The Morgan fingerprint density at radius 2 is 2.33 bits per heavy atom. The van der Waals surface area contributed by atoms with Crippen molar-refractivity contribution in [3.8, 4) is 0 Å². The largest absolute Gasteiger partial charge is 0.450 e. The molecule has 1 fully saturated rings. The van der Waals surface area contributed by atoms with Crippen molar-refractivity contribution in [1.82, 2.24) is 5.32 Å². The van der Waals surface area contributed by atoms with Gasteiger partial charge in [-0.1, -0.05) is 0 Å². The van der Waals surface area contributed by atoms with Crippen LogP contribution in [-0.4, -0.2) is 24.1 Å². The predicted molar refractivity (Wildman–Crippen MR) is 55.1 cm³/mol. The first-order valence-corrected chi connectivity index (χ1v) is 5.15. The van der Waals surface area contributed by atoms with Crippen LogP contribution < -0.4 is 11.1 Å². The smallest absolute Gasteiger partial charge is 0.404 e. The molecule has 0 aromatic rings. The minimum absolute atomic E-state index is 0.0384. The van der Waals surface area contributed by atoms with Gasteiger partial charge in [-0.25, -0.2) is 4.79 Å². The fourth-order valence-corrected chi connectivity index (χ4v) is 1.93. The van der Waals surface area contributed by atoms with Crippen LogP contribution in [0.4, 0.5) is 4.79 Å². The highest BCUT2D eigenvalue weighted by molar-refractivity contribution is 5.81. The van der Waals surface area contributed by atoms with Crippen LogP contribution in [0.25, 0.3) is 0 Å². The van der Waals surface area contributed by atoms with E-state index in [0.29, 0.717) is 13.0 Å².